The molecule has 3 rings (SSSR count). The van der Waals surface area contributed by atoms with E-state index in [4.69, 9.17) is 4.74 Å². The molecule has 0 aliphatic carbocycles. The highest BCUT2D eigenvalue weighted by molar-refractivity contribution is 5.85. The van der Waals surface area contributed by atoms with Crippen LogP contribution in [0, 0.1) is 11.8 Å². The highest BCUT2D eigenvalue weighted by Gasteiger charge is 2.25. The molecule has 28 heavy (non-hydrogen) atoms. The Morgan fingerprint density at radius 1 is 1.18 bits per heavy atom. The summed E-state index contributed by atoms with van der Waals surface area (Å²) in [6, 6.07) is 10.7. The molecule has 0 radical (unpaired) electrons. The fourth-order valence-electron chi connectivity index (χ4n) is 4.18. The fraction of sp³-hybridized carbons (Fsp3) is 0.667. The second kappa shape index (κ2) is 13.4. The highest BCUT2D eigenvalue weighted by Crippen LogP contribution is 2.25. The zero-order valence-electron chi connectivity index (χ0n) is 16.8. The Hall–Kier alpha value is -0.850. The quantitative estimate of drug-likeness (QED) is 0.696. The molecule has 0 bridgehead atoms. The van der Waals surface area contributed by atoms with E-state index < -0.39 is 0 Å². The number of halogens is 2. The summed E-state index contributed by atoms with van der Waals surface area (Å²) in [7, 11) is 0. The first-order chi connectivity index (χ1) is 12.7. The highest BCUT2D eigenvalue weighted by atomic mass is 35.5. The van der Waals surface area contributed by atoms with Crippen molar-refractivity contribution in [3.63, 3.8) is 0 Å². The summed E-state index contributed by atoms with van der Waals surface area (Å²) in [4.78, 5) is 15.0. The summed E-state index contributed by atoms with van der Waals surface area (Å²) in [5.41, 5.74) is 1.26. The van der Waals surface area contributed by atoms with E-state index in [9.17, 15) is 4.79 Å². The molecule has 2 unspecified atom stereocenters. The average Bonchev–Trinajstić information content (AvgIpc) is 2.70. The van der Waals surface area contributed by atoms with Gasteiger partial charge in [0, 0.05) is 26.1 Å². The van der Waals surface area contributed by atoms with Crippen molar-refractivity contribution in [2.24, 2.45) is 11.8 Å². The molecule has 2 atom stereocenters. The van der Waals surface area contributed by atoms with E-state index in [0.29, 0.717) is 24.8 Å². The molecule has 2 heterocycles. The number of morpholine rings is 1. The Kier molecular flexibility index (Phi) is 12.0. The van der Waals surface area contributed by atoms with Crippen molar-refractivity contribution >= 4 is 30.7 Å². The minimum absolute atomic E-state index is 0. The molecule has 7 heteroatoms. The van der Waals surface area contributed by atoms with Crippen molar-refractivity contribution in [3.8, 4) is 0 Å². The standard InChI is InChI=1S/C21H33N3O2.2ClH/c1-17(18-7-9-22-10-8-18)15-21(25)23-16-20(19-5-3-2-4-6-19)24-11-13-26-14-12-24;;/h2-6,17-18,20,22H,7-16H2,1H3,(H,23,25);2*1H. The van der Waals surface area contributed by atoms with Gasteiger partial charge in [-0.25, -0.2) is 0 Å². The van der Waals surface area contributed by atoms with Gasteiger partial charge in [-0.3, -0.25) is 9.69 Å². The van der Waals surface area contributed by atoms with Crippen LogP contribution < -0.4 is 10.6 Å². The lowest BCUT2D eigenvalue weighted by Gasteiger charge is -2.35. The van der Waals surface area contributed by atoms with E-state index in [0.717, 1.165) is 39.4 Å². The molecule has 2 N–H and O–H groups in total. The Balaban J connectivity index is 0.00000196. The molecule has 0 saturated carbocycles. The monoisotopic (exact) mass is 431 g/mol. The van der Waals surface area contributed by atoms with Crippen molar-refractivity contribution in [2.45, 2.75) is 32.2 Å². The number of hydrogen-bond donors (Lipinski definition) is 2. The van der Waals surface area contributed by atoms with Gasteiger partial charge >= 0.3 is 0 Å². The third-order valence-electron chi connectivity index (χ3n) is 5.86. The lowest BCUT2D eigenvalue weighted by atomic mass is 9.84. The number of amides is 1. The first kappa shape index (κ1) is 25.2. The molecular formula is C21H35Cl2N3O2. The van der Waals surface area contributed by atoms with Gasteiger partial charge in [-0.05, 0) is 43.3 Å². The second-order valence-corrected chi connectivity index (χ2v) is 7.65. The van der Waals surface area contributed by atoms with Crippen molar-refractivity contribution in [3.05, 3.63) is 35.9 Å². The zero-order chi connectivity index (χ0) is 18.2. The molecule has 1 amide bonds. The maximum absolute atomic E-state index is 12.5. The topological polar surface area (TPSA) is 53.6 Å². The molecule has 2 saturated heterocycles. The summed E-state index contributed by atoms with van der Waals surface area (Å²) in [6.45, 7) is 8.44. The number of ether oxygens (including phenoxy) is 1. The van der Waals surface area contributed by atoms with E-state index >= 15 is 0 Å². The molecule has 1 aromatic rings. The second-order valence-electron chi connectivity index (χ2n) is 7.65. The smallest absolute Gasteiger partial charge is 0.220 e. The van der Waals surface area contributed by atoms with E-state index in [1.54, 1.807) is 0 Å². The van der Waals surface area contributed by atoms with E-state index in [1.807, 2.05) is 6.07 Å². The van der Waals surface area contributed by atoms with Gasteiger partial charge in [0.2, 0.25) is 5.91 Å². The van der Waals surface area contributed by atoms with Gasteiger partial charge in [-0.2, -0.15) is 0 Å². The number of hydrogen-bond acceptors (Lipinski definition) is 4. The van der Waals surface area contributed by atoms with Crippen molar-refractivity contribution in [2.75, 3.05) is 45.9 Å². The number of benzene rings is 1. The van der Waals surface area contributed by atoms with Gasteiger partial charge in [0.1, 0.15) is 0 Å². The normalized spacial score (nSPS) is 20.3. The number of nitrogens with one attached hydrogen (secondary N) is 2. The Morgan fingerprint density at radius 2 is 1.82 bits per heavy atom. The molecule has 2 aliphatic rings. The summed E-state index contributed by atoms with van der Waals surface area (Å²) in [5.74, 6) is 1.31. The molecule has 0 aromatic heterocycles. The maximum Gasteiger partial charge on any atom is 0.220 e. The van der Waals surface area contributed by atoms with Crippen LogP contribution >= 0.6 is 24.8 Å². The summed E-state index contributed by atoms with van der Waals surface area (Å²) < 4.78 is 5.50. The van der Waals surface area contributed by atoms with Crippen molar-refractivity contribution in [1.29, 1.82) is 0 Å². The van der Waals surface area contributed by atoms with Crippen LogP contribution in [-0.2, 0) is 9.53 Å². The van der Waals surface area contributed by atoms with Crippen LogP contribution in [0.15, 0.2) is 30.3 Å². The molecule has 2 fully saturated rings. The lowest BCUT2D eigenvalue weighted by molar-refractivity contribution is -0.122. The average molecular weight is 432 g/mol. The van der Waals surface area contributed by atoms with Crippen LogP contribution in [0.25, 0.3) is 0 Å². The Labute approximate surface area is 181 Å². The molecular weight excluding hydrogens is 397 g/mol. The Bertz CT molecular complexity index is 550. The third kappa shape index (κ3) is 7.53. The van der Waals surface area contributed by atoms with Gasteiger partial charge < -0.3 is 15.4 Å². The number of piperidine rings is 1. The number of carbonyl (C=O) groups excluding carboxylic acids is 1. The number of nitrogens with zero attached hydrogens (tertiary/aromatic N) is 1. The molecule has 1 aromatic carbocycles. The van der Waals surface area contributed by atoms with E-state index in [-0.39, 0.29) is 36.8 Å². The van der Waals surface area contributed by atoms with Crippen LogP contribution in [0.2, 0.25) is 0 Å². The van der Waals surface area contributed by atoms with E-state index in [2.05, 4.69) is 46.7 Å². The van der Waals surface area contributed by atoms with Gasteiger partial charge in [-0.15, -0.1) is 24.8 Å². The van der Waals surface area contributed by atoms with Crippen LogP contribution in [0.3, 0.4) is 0 Å². The van der Waals surface area contributed by atoms with Gasteiger partial charge in [0.05, 0.1) is 19.3 Å². The first-order valence-electron chi connectivity index (χ1n) is 10.1. The summed E-state index contributed by atoms with van der Waals surface area (Å²) in [6.07, 6.45) is 3.01. The minimum Gasteiger partial charge on any atom is -0.379 e. The molecule has 0 spiro atoms. The summed E-state index contributed by atoms with van der Waals surface area (Å²) in [5, 5.41) is 6.61. The Morgan fingerprint density at radius 3 is 2.46 bits per heavy atom. The predicted octanol–water partition coefficient (Wildman–Crippen LogP) is 3.05. The van der Waals surface area contributed by atoms with Crippen LogP contribution in [0.4, 0.5) is 0 Å². The van der Waals surface area contributed by atoms with Crippen LogP contribution in [0.5, 0.6) is 0 Å². The minimum atomic E-state index is 0. The van der Waals surface area contributed by atoms with E-state index in [1.165, 1.54) is 18.4 Å². The SMILES string of the molecule is CC(CC(=O)NCC(c1ccccc1)N1CCOCC1)C1CCNCC1.Cl.Cl. The first-order valence-corrected chi connectivity index (χ1v) is 10.1. The largest absolute Gasteiger partial charge is 0.379 e. The third-order valence-corrected chi connectivity index (χ3v) is 5.86. The fourth-order valence-corrected chi connectivity index (χ4v) is 4.18. The van der Waals surface area contributed by atoms with Crippen molar-refractivity contribution < 1.29 is 9.53 Å². The molecule has 160 valence electrons. The molecule has 5 nitrogen and oxygen atoms in total. The van der Waals surface area contributed by atoms with Crippen molar-refractivity contribution in [1.82, 2.24) is 15.5 Å². The number of carbonyl (C=O) groups is 1. The molecule has 2 aliphatic heterocycles. The van der Waals surface area contributed by atoms with Gasteiger partial charge in [0.25, 0.3) is 0 Å². The number of rotatable bonds is 7. The van der Waals surface area contributed by atoms with Crippen LogP contribution in [-0.4, -0.2) is 56.7 Å². The zero-order valence-corrected chi connectivity index (χ0v) is 18.4. The lowest BCUT2D eigenvalue weighted by Crippen LogP contribution is -2.44. The maximum atomic E-state index is 12.5. The summed E-state index contributed by atoms with van der Waals surface area (Å²) >= 11 is 0. The van der Waals surface area contributed by atoms with Gasteiger partial charge in [-0.1, -0.05) is 37.3 Å². The van der Waals surface area contributed by atoms with Gasteiger partial charge in [0.15, 0.2) is 0 Å². The predicted molar refractivity (Wildman–Crippen MR) is 118 cm³/mol. The van der Waals surface area contributed by atoms with Crippen LogP contribution in [0.1, 0.15) is 37.8 Å².